The van der Waals surface area contributed by atoms with E-state index in [-0.39, 0.29) is 48.9 Å². The molecule has 3 aliphatic carbocycles. The number of primary amides is 1. The molecule has 0 heterocycles. The maximum atomic E-state index is 13.8. The first-order chi connectivity index (χ1) is 18.2. The molecule has 3 aliphatic rings. The van der Waals surface area contributed by atoms with Crippen molar-refractivity contribution in [1.29, 1.82) is 0 Å². The Morgan fingerprint density at radius 3 is 2.38 bits per heavy atom. The van der Waals surface area contributed by atoms with E-state index in [1.165, 1.54) is 31.1 Å². The summed E-state index contributed by atoms with van der Waals surface area (Å²) in [6.07, 6.45) is -0.199. The van der Waals surface area contributed by atoms with Crippen LogP contribution in [0.1, 0.15) is 36.8 Å². The Bertz CT molecular complexity index is 1380. The number of anilines is 1. The highest BCUT2D eigenvalue weighted by atomic mass is 16.4. The number of hydrogen-bond donors (Lipinski definition) is 7. The molecule has 13 nitrogen and oxygen atoms in total. The summed E-state index contributed by atoms with van der Waals surface area (Å²) in [7, 11) is 3.03. The summed E-state index contributed by atoms with van der Waals surface area (Å²) in [5, 5.41) is 55.7. The number of nitrogens with one attached hydrogen (secondary N) is 1. The molecule has 39 heavy (non-hydrogen) atoms. The third-order valence-electron chi connectivity index (χ3n) is 7.66. The van der Waals surface area contributed by atoms with Crippen LogP contribution < -0.4 is 11.1 Å². The number of amides is 2. The van der Waals surface area contributed by atoms with Gasteiger partial charge >= 0.3 is 5.97 Å². The molecule has 13 heteroatoms. The first kappa shape index (κ1) is 27.8. The lowest BCUT2D eigenvalue weighted by Gasteiger charge is -2.50. The highest BCUT2D eigenvalue weighted by Crippen LogP contribution is 2.53. The van der Waals surface area contributed by atoms with Gasteiger partial charge in [0, 0.05) is 24.3 Å². The number of nitrogens with two attached hydrogens (primary N) is 1. The second-order valence-electron chi connectivity index (χ2n) is 10.3. The van der Waals surface area contributed by atoms with E-state index in [4.69, 9.17) is 10.8 Å². The number of aliphatic carboxylic acids is 1. The van der Waals surface area contributed by atoms with E-state index < -0.39 is 75.7 Å². The quantitative estimate of drug-likeness (QED) is 0.181. The van der Waals surface area contributed by atoms with Crippen molar-refractivity contribution in [1.82, 2.24) is 4.90 Å². The number of aliphatic hydroxyl groups excluding tert-OH is 2. The van der Waals surface area contributed by atoms with Gasteiger partial charge in [0.05, 0.1) is 17.3 Å². The third kappa shape index (κ3) is 4.33. The summed E-state index contributed by atoms with van der Waals surface area (Å²) >= 11 is 0. The molecular formula is C26H29N3O10. The number of fused-ring (bicyclic) bond motifs is 3. The molecule has 0 saturated heterocycles. The van der Waals surface area contributed by atoms with Gasteiger partial charge in [0.2, 0.25) is 11.7 Å². The number of nitrogens with zero attached hydrogens (tertiary/aromatic N) is 1. The lowest BCUT2D eigenvalue weighted by atomic mass is 9.57. The first-order valence-electron chi connectivity index (χ1n) is 12.2. The van der Waals surface area contributed by atoms with Crippen molar-refractivity contribution < 1.29 is 49.5 Å². The molecule has 1 aromatic rings. The van der Waals surface area contributed by atoms with Gasteiger partial charge in [-0.05, 0) is 50.9 Å². The predicted molar refractivity (Wildman–Crippen MR) is 134 cm³/mol. The summed E-state index contributed by atoms with van der Waals surface area (Å²) in [6.45, 7) is 0. The number of ketones is 2. The van der Waals surface area contributed by atoms with Crippen molar-refractivity contribution in [2.75, 3.05) is 19.4 Å². The van der Waals surface area contributed by atoms with Crippen LogP contribution in [-0.2, 0) is 30.4 Å². The number of hydrogen-bond acceptors (Lipinski definition) is 10. The number of aromatic hydroxyl groups is 1. The van der Waals surface area contributed by atoms with Crippen LogP contribution in [0.3, 0.4) is 0 Å². The van der Waals surface area contributed by atoms with Gasteiger partial charge in [0.15, 0.2) is 11.4 Å². The minimum atomic E-state index is -2.74. The van der Waals surface area contributed by atoms with Crippen molar-refractivity contribution in [2.45, 2.75) is 43.7 Å². The Kier molecular flexibility index (Phi) is 7.00. The van der Waals surface area contributed by atoms with Crippen molar-refractivity contribution in [2.24, 2.45) is 17.6 Å². The number of benzene rings is 1. The largest absolute Gasteiger partial charge is 0.508 e. The second-order valence-corrected chi connectivity index (χ2v) is 10.3. The molecule has 2 amide bonds. The Hall–Kier alpha value is -4.23. The van der Waals surface area contributed by atoms with Crippen LogP contribution in [-0.4, -0.2) is 85.5 Å². The van der Waals surface area contributed by atoms with Crippen LogP contribution in [0.15, 0.2) is 29.0 Å². The minimum Gasteiger partial charge on any atom is -0.508 e. The number of likely N-dealkylation sites (N-methyl/N-ethyl adjacent to an activating group) is 1. The van der Waals surface area contributed by atoms with Gasteiger partial charge in [0.1, 0.15) is 22.8 Å². The third-order valence-corrected chi connectivity index (χ3v) is 7.66. The topological polar surface area (TPSA) is 228 Å². The molecule has 1 aromatic carbocycles. The summed E-state index contributed by atoms with van der Waals surface area (Å²) < 4.78 is 0. The summed E-state index contributed by atoms with van der Waals surface area (Å²) in [6, 6.07) is 1.77. The fourth-order valence-electron chi connectivity index (χ4n) is 5.93. The molecule has 0 unspecified atom stereocenters. The van der Waals surface area contributed by atoms with E-state index in [1.807, 2.05) is 0 Å². The summed E-state index contributed by atoms with van der Waals surface area (Å²) in [5.74, 6) is -9.20. The Balaban J connectivity index is 1.78. The maximum Gasteiger partial charge on any atom is 0.303 e. The van der Waals surface area contributed by atoms with Gasteiger partial charge in [0.25, 0.3) is 5.91 Å². The number of phenolic OH excluding ortho intramolecular Hbond substituents is 1. The number of carbonyl (C=O) groups is 5. The van der Waals surface area contributed by atoms with Crippen molar-refractivity contribution >= 4 is 40.8 Å². The number of carboxylic acids is 1. The van der Waals surface area contributed by atoms with Crippen LogP contribution >= 0.6 is 0 Å². The average molecular weight is 544 g/mol. The molecule has 0 spiro atoms. The lowest BCUT2D eigenvalue weighted by Crippen LogP contribution is -2.65. The predicted octanol–water partition coefficient (Wildman–Crippen LogP) is 0.157. The molecule has 0 bridgehead atoms. The van der Waals surface area contributed by atoms with Crippen LogP contribution in [0.4, 0.5) is 5.69 Å². The van der Waals surface area contributed by atoms with E-state index in [1.54, 1.807) is 0 Å². The van der Waals surface area contributed by atoms with Gasteiger partial charge in [-0.15, -0.1) is 0 Å². The van der Waals surface area contributed by atoms with Crippen LogP contribution in [0, 0.1) is 11.8 Å². The average Bonchev–Trinajstić information content (AvgIpc) is 2.82. The van der Waals surface area contributed by atoms with E-state index in [9.17, 15) is 44.4 Å². The minimum absolute atomic E-state index is 0.0331. The fraction of sp³-hybridized carbons (Fsp3) is 0.423. The van der Waals surface area contributed by atoms with Crippen molar-refractivity contribution in [3.8, 4) is 5.75 Å². The smallest absolute Gasteiger partial charge is 0.303 e. The van der Waals surface area contributed by atoms with Crippen LogP contribution in [0.5, 0.6) is 5.75 Å². The summed E-state index contributed by atoms with van der Waals surface area (Å²) in [5.41, 5.74) is 1.55. The SMILES string of the molecule is CN(C)[C@H]1C(=O)C(C(N)=O)=C(O)[C@@]2(O)C(=O)C3=C(O)c4c(ccc(NC(=O)CCCC(=O)O)c4O)C[C@H]3C[C@@H]12. The maximum absolute atomic E-state index is 13.8. The van der Waals surface area contributed by atoms with E-state index in [0.717, 1.165) is 0 Å². The fourth-order valence-corrected chi connectivity index (χ4v) is 5.93. The van der Waals surface area contributed by atoms with Gasteiger partial charge in [-0.2, -0.15) is 0 Å². The molecule has 0 radical (unpaired) electrons. The molecule has 4 atom stereocenters. The number of carboxylic acid groups (broad SMARTS) is 1. The Labute approximate surface area is 222 Å². The number of rotatable bonds is 7. The zero-order chi connectivity index (χ0) is 29.0. The Morgan fingerprint density at radius 2 is 1.79 bits per heavy atom. The molecule has 8 N–H and O–H groups in total. The summed E-state index contributed by atoms with van der Waals surface area (Å²) in [4.78, 5) is 63.2. The molecule has 1 fully saturated rings. The lowest BCUT2D eigenvalue weighted by molar-refractivity contribution is -0.153. The molecule has 1 saturated carbocycles. The number of carbonyl (C=O) groups excluding carboxylic acids is 4. The number of aliphatic hydroxyl groups is 3. The zero-order valence-electron chi connectivity index (χ0n) is 21.2. The Morgan fingerprint density at radius 1 is 1.13 bits per heavy atom. The van der Waals surface area contributed by atoms with Crippen LogP contribution in [0.2, 0.25) is 0 Å². The van der Waals surface area contributed by atoms with Gasteiger partial charge in [-0.3, -0.25) is 28.9 Å². The first-order valence-corrected chi connectivity index (χ1v) is 12.2. The molecule has 0 aromatic heterocycles. The normalized spacial score (nSPS) is 26.2. The standard InChI is InChI=1S/C26H29N3O10/c1-29(2)19-12-9-11-8-10-6-7-13(28-14(30)4-3-5-15(31)32)20(33)16(10)21(34)17(11)23(36)26(12,39)24(37)18(22(19)35)25(27)38/h6-7,11-12,19,33-34,37,39H,3-5,8-9H2,1-2H3,(H2,27,38)(H,28,30)(H,31,32)/t11-,12-,19+,26-/m0/s1. The molecule has 0 aliphatic heterocycles. The van der Waals surface area contributed by atoms with Gasteiger partial charge < -0.3 is 36.6 Å². The molecule has 4 rings (SSSR count). The van der Waals surface area contributed by atoms with E-state index >= 15 is 0 Å². The number of phenols is 1. The number of Topliss-reactive ketones (excluding diaryl/α,β-unsaturated/α-hetero) is 2. The highest BCUT2D eigenvalue weighted by molar-refractivity contribution is 6.24. The highest BCUT2D eigenvalue weighted by Gasteiger charge is 2.64. The van der Waals surface area contributed by atoms with Gasteiger partial charge in [-0.1, -0.05) is 6.07 Å². The second kappa shape index (κ2) is 9.82. The van der Waals surface area contributed by atoms with Crippen molar-refractivity contribution in [3.05, 3.63) is 40.2 Å². The molecule has 208 valence electrons. The monoisotopic (exact) mass is 543 g/mol. The van der Waals surface area contributed by atoms with Gasteiger partial charge in [-0.25, -0.2) is 0 Å². The van der Waals surface area contributed by atoms with E-state index in [0.29, 0.717) is 5.56 Å². The molecular weight excluding hydrogens is 514 g/mol. The zero-order valence-corrected chi connectivity index (χ0v) is 21.2. The van der Waals surface area contributed by atoms with Crippen molar-refractivity contribution in [3.63, 3.8) is 0 Å². The van der Waals surface area contributed by atoms with Crippen LogP contribution in [0.25, 0.3) is 5.76 Å². The van der Waals surface area contributed by atoms with E-state index in [2.05, 4.69) is 5.32 Å².